The molecule has 0 radical (unpaired) electrons. The van der Waals surface area contributed by atoms with Crippen molar-refractivity contribution in [2.75, 3.05) is 0 Å². The minimum Gasteiger partial charge on any atom is -0.405 e. The van der Waals surface area contributed by atoms with Gasteiger partial charge in [-0.3, -0.25) is 0 Å². The second kappa shape index (κ2) is 4.60. The van der Waals surface area contributed by atoms with E-state index in [2.05, 4.69) is 9.72 Å². The maximum Gasteiger partial charge on any atom is 0.573 e. The number of nitrogens with zero attached hydrogens (tertiary/aromatic N) is 1. The van der Waals surface area contributed by atoms with E-state index in [4.69, 9.17) is 5.11 Å². The highest BCUT2D eigenvalue weighted by atomic mass is 19.4. The molecule has 1 aromatic heterocycles. The number of rotatable bonds is 3. The molecule has 0 aromatic carbocycles. The maximum absolute atomic E-state index is 12.7. The monoisotopic (exact) mass is 243 g/mol. The van der Waals surface area contributed by atoms with Crippen LogP contribution in [-0.2, 0) is 13.3 Å². The van der Waals surface area contributed by atoms with E-state index in [0.717, 1.165) is 0 Å². The van der Waals surface area contributed by atoms with Crippen LogP contribution < -0.4 is 4.74 Å². The summed E-state index contributed by atoms with van der Waals surface area (Å²) in [5.74, 6) is -2.33. The number of alkyl halides is 4. The second-order valence-corrected chi connectivity index (χ2v) is 2.71. The van der Waals surface area contributed by atoms with Crippen LogP contribution in [0.25, 0.3) is 0 Å². The van der Waals surface area contributed by atoms with Gasteiger partial charge < -0.3 is 9.84 Å². The third kappa shape index (κ3) is 3.02. The zero-order valence-corrected chi connectivity index (χ0v) is 7.68. The predicted molar refractivity (Wildman–Crippen MR) is 41.6 cm³/mol. The first-order valence-corrected chi connectivity index (χ1v) is 3.98. The van der Waals surface area contributed by atoms with E-state index in [-0.39, 0.29) is 0 Å². The smallest absolute Gasteiger partial charge is 0.405 e. The van der Waals surface area contributed by atoms with Crippen LogP contribution in [0.2, 0.25) is 0 Å². The van der Waals surface area contributed by atoms with Gasteiger partial charge in [0, 0.05) is 11.6 Å². The van der Waals surface area contributed by atoms with Crippen LogP contribution in [0.4, 0.5) is 22.0 Å². The molecule has 1 rings (SSSR count). The SMILES string of the molecule is OCc1nc(F)cc(OC(F)(F)F)c1CF. The number of aromatic nitrogens is 1. The van der Waals surface area contributed by atoms with Crippen molar-refractivity contribution in [2.45, 2.75) is 19.6 Å². The van der Waals surface area contributed by atoms with E-state index in [0.29, 0.717) is 6.07 Å². The maximum atomic E-state index is 12.7. The number of aliphatic hydroxyl groups excluding tert-OH is 1. The lowest BCUT2D eigenvalue weighted by Crippen LogP contribution is -2.19. The lowest BCUT2D eigenvalue weighted by Gasteiger charge is -2.13. The van der Waals surface area contributed by atoms with Crippen LogP contribution in [0.15, 0.2) is 6.07 Å². The van der Waals surface area contributed by atoms with Crippen LogP contribution in [0.3, 0.4) is 0 Å². The average molecular weight is 243 g/mol. The Balaban J connectivity index is 3.20. The quantitative estimate of drug-likeness (QED) is 0.652. The number of halogens is 5. The zero-order valence-electron chi connectivity index (χ0n) is 7.68. The lowest BCUT2D eigenvalue weighted by molar-refractivity contribution is -0.275. The molecule has 0 saturated heterocycles. The Morgan fingerprint density at radius 2 is 2.00 bits per heavy atom. The highest BCUT2D eigenvalue weighted by Gasteiger charge is 2.33. The van der Waals surface area contributed by atoms with Crippen molar-refractivity contribution < 1.29 is 31.8 Å². The van der Waals surface area contributed by atoms with Crippen molar-refractivity contribution >= 4 is 0 Å². The summed E-state index contributed by atoms with van der Waals surface area (Å²) in [6.07, 6.45) is -5.07. The van der Waals surface area contributed by atoms with Crippen molar-refractivity contribution in [3.8, 4) is 5.75 Å². The standard InChI is InChI=1S/C8H6F5NO2/c9-2-4-5(3-15)14-7(10)1-6(4)16-8(11,12)13/h1,15H,2-3H2. The van der Waals surface area contributed by atoms with Crippen molar-refractivity contribution in [2.24, 2.45) is 0 Å². The van der Waals surface area contributed by atoms with Gasteiger partial charge in [0.2, 0.25) is 5.95 Å². The molecule has 8 heteroatoms. The summed E-state index contributed by atoms with van der Waals surface area (Å²) < 4.78 is 64.2. The third-order valence-electron chi connectivity index (χ3n) is 1.65. The summed E-state index contributed by atoms with van der Waals surface area (Å²) in [6.45, 7) is -2.24. The molecule has 0 aliphatic heterocycles. The molecule has 0 amide bonds. The number of aliphatic hydroxyl groups is 1. The highest BCUT2D eigenvalue weighted by molar-refractivity contribution is 5.35. The molecule has 0 fully saturated rings. The summed E-state index contributed by atoms with van der Waals surface area (Å²) in [6, 6.07) is 0.307. The van der Waals surface area contributed by atoms with Crippen molar-refractivity contribution in [1.29, 1.82) is 0 Å². The Hall–Kier alpha value is -1.44. The predicted octanol–water partition coefficient (Wildman–Crippen LogP) is 2.08. The second-order valence-electron chi connectivity index (χ2n) is 2.71. The van der Waals surface area contributed by atoms with Crippen molar-refractivity contribution in [1.82, 2.24) is 4.98 Å². The fourth-order valence-corrected chi connectivity index (χ4v) is 1.06. The molecule has 0 aliphatic carbocycles. The van der Waals surface area contributed by atoms with E-state index in [9.17, 15) is 22.0 Å². The molecule has 0 saturated carbocycles. The van der Waals surface area contributed by atoms with Gasteiger partial charge in [-0.05, 0) is 0 Å². The Kier molecular flexibility index (Phi) is 3.63. The number of hydrogen-bond acceptors (Lipinski definition) is 3. The Morgan fingerprint density at radius 1 is 1.38 bits per heavy atom. The number of ether oxygens (including phenoxy) is 1. The molecule has 90 valence electrons. The minimum absolute atomic E-state index is 0.307. The topological polar surface area (TPSA) is 42.4 Å². The molecule has 0 bridgehead atoms. The van der Waals surface area contributed by atoms with Crippen molar-refractivity contribution in [3.05, 3.63) is 23.3 Å². The van der Waals surface area contributed by atoms with E-state index in [1.54, 1.807) is 0 Å². The van der Waals surface area contributed by atoms with Gasteiger partial charge in [0.05, 0.1) is 12.3 Å². The molecule has 0 spiro atoms. The molecule has 0 unspecified atom stereocenters. The Labute approximate surface area is 86.5 Å². The lowest BCUT2D eigenvalue weighted by atomic mass is 10.2. The number of hydrogen-bond donors (Lipinski definition) is 1. The summed E-state index contributed by atoms with van der Waals surface area (Å²) in [7, 11) is 0. The van der Waals surface area contributed by atoms with Gasteiger partial charge in [0.15, 0.2) is 0 Å². The van der Waals surface area contributed by atoms with Gasteiger partial charge in [0.25, 0.3) is 0 Å². The van der Waals surface area contributed by atoms with E-state index < -0.39 is 42.6 Å². The molecule has 0 aliphatic rings. The summed E-state index contributed by atoms with van der Waals surface area (Å²) >= 11 is 0. The van der Waals surface area contributed by atoms with Gasteiger partial charge in [0.1, 0.15) is 12.4 Å². The molecule has 0 atom stereocenters. The molecule has 1 N–H and O–H groups in total. The molecule has 3 nitrogen and oxygen atoms in total. The zero-order chi connectivity index (χ0) is 12.3. The van der Waals surface area contributed by atoms with Crippen LogP contribution in [0.5, 0.6) is 5.75 Å². The first-order chi connectivity index (χ1) is 7.37. The van der Waals surface area contributed by atoms with Crippen LogP contribution >= 0.6 is 0 Å². The number of pyridine rings is 1. The average Bonchev–Trinajstić information content (AvgIpc) is 2.14. The molecule has 16 heavy (non-hydrogen) atoms. The van der Waals surface area contributed by atoms with E-state index in [1.165, 1.54) is 0 Å². The Bertz CT molecular complexity index is 379. The molecular formula is C8H6F5NO2. The van der Waals surface area contributed by atoms with Crippen LogP contribution in [-0.4, -0.2) is 16.5 Å². The van der Waals surface area contributed by atoms with Crippen LogP contribution in [0.1, 0.15) is 11.3 Å². The van der Waals surface area contributed by atoms with Crippen LogP contribution in [0, 0.1) is 5.95 Å². The largest absolute Gasteiger partial charge is 0.573 e. The van der Waals surface area contributed by atoms with Gasteiger partial charge in [-0.2, -0.15) is 4.39 Å². The molecule has 1 heterocycles. The van der Waals surface area contributed by atoms with E-state index >= 15 is 0 Å². The van der Waals surface area contributed by atoms with Crippen molar-refractivity contribution in [3.63, 3.8) is 0 Å². The normalized spacial score (nSPS) is 11.6. The molecule has 1 aromatic rings. The first-order valence-electron chi connectivity index (χ1n) is 3.98. The molecular weight excluding hydrogens is 237 g/mol. The van der Waals surface area contributed by atoms with Gasteiger partial charge in [-0.15, -0.1) is 13.2 Å². The summed E-state index contributed by atoms with van der Waals surface area (Å²) in [5, 5.41) is 8.66. The fraction of sp³-hybridized carbons (Fsp3) is 0.375. The van der Waals surface area contributed by atoms with E-state index in [1.807, 2.05) is 0 Å². The summed E-state index contributed by atoms with van der Waals surface area (Å²) in [4.78, 5) is 3.05. The first kappa shape index (κ1) is 12.6. The van der Waals surface area contributed by atoms with Gasteiger partial charge in [-0.1, -0.05) is 0 Å². The third-order valence-corrected chi connectivity index (χ3v) is 1.65. The summed E-state index contributed by atoms with van der Waals surface area (Å²) in [5.41, 5.74) is -1.15. The van der Waals surface area contributed by atoms with Gasteiger partial charge >= 0.3 is 6.36 Å². The fourth-order valence-electron chi connectivity index (χ4n) is 1.06. The highest BCUT2D eigenvalue weighted by Crippen LogP contribution is 2.29. The van der Waals surface area contributed by atoms with Gasteiger partial charge in [-0.25, -0.2) is 9.37 Å². The Morgan fingerprint density at radius 3 is 2.44 bits per heavy atom. The minimum atomic E-state index is -5.07.